The van der Waals surface area contributed by atoms with Crippen LogP contribution in [0.25, 0.3) is 0 Å². The van der Waals surface area contributed by atoms with Crippen molar-refractivity contribution in [1.82, 2.24) is 5.32 Å². The highest BCUT2D eigenvalue weighted by Crippen LogP contribution is 2.30. The van der Waals surface area contributed by atoms with Crippen LogP contribution in [0.3, 0.4) is 0 Å². The van der Waals surface area contributed by atoms with Crippen molar-refractivity contribution < 1.29 is 9.53 Å². The number of carbonyl (C=O) groups excluding carboxylic acids is 1. The second-order valence-electron chi connectivity index (χ2n) is 4.41. The zero-order valence-electron chi connectivity index (χ0n) is 10.5. The number of rotatable bonds is 5. The Morgan fingerprint density at radius 1 is 1.56 bits per heavy atom. The molecule has 1 amide bonds. The van der Waals surface area contributed by atoms with E-state index in [1.54, 1.807) is 0 Å². The van der Waals surface area contributed by atoms with Gasteiger partial charge in [-0.2, -0.15) is 0 Å². The van der Waals surface area contributed by atoms with Crippen LogP contribution in [0, 0.1) is 0 Å². The van der Waals surface area contributed by atoms with Gasteiger partial charge in [-0.15, -0.1) is 0 Å². The smallest absolute Gasteiger partial charge is 0.262 e. The molecular weight excluding hydrogens is 230 g/mol. The fourth-order valence-electron chi connectivity index (χ4n) is 1.91. The molecule has 1 atom stereocenters. The van der Waals surface area contributed by atoms with Gasteiger partial charge in [0.05, 0.1) is 5.69 Å². The van der Waals surface area contributed by atoms with Crippen LogP contribution in [0.5, 0.6) is 5.75 Å². The molecule has 0 aromatic heterocycles. The van der Waals surface area contributed by atoms with Gasteiger partial charge in [-0.25, -0.2) is 0 Å². The lowest BCUT2D eigenvalue weighted by atomic mass is 10.1. The number of ether oxygens (including phenoxy) is 1. The minimum absolute atomic E-state index is 0.0939. The average molecular weight is 249 g/mol. The second-order valence-corrected chi connectivity index (χ2v) is 4.41. The first-order chi connectivity index (χ1) is 8.70. The molecule has 4 N–H and O–H groups in total. The minimum Gasteiger partial charge on any atom is -0.482 e. The SMILES string of the molecule is CC(NCCCN)c1ccc2c(c1)NC(=O)CO2. The topological polar surface area (TPSA) is 76.4 Å². The molecule has 1 aromatic carbocycles. The molecule has 0 fully saturated rings. The van der Waals surface area contributed by atoms with Gasteiger partial charge in [-0.3, -0.25) is 4.79 Å². The molecule has 1 aliphatic rings. The summed E-state index contributed by atoms with van der Waals surface area (Å²) in [5.74, 6) is 0.621. The largest absolute Gasteiger partial charge is 0.482 e. The Balaban J connectivity index is 2.05. The predicted octanol–water partition coefficient (Wildman–Crippen LogP) is 1.02. The molecule has 0 saturated heterocycles. The molecule has 0 bridgehead atoms. The molecule has 1 unspecified atom stereocenters. The first-order valence-electron chi connectivity index (χ1n) is 6.21. The van der Waals surface area contributed by atoms with Gasteiger partial charge in [0.15, 0.2) is 6.61 Å². The summed E-state index contributed by atoms with van der Waals surface area (Å²) in [7, 11) is 0. The van der Waals surface area contributed by atoms with Crippen LogP contribution >= 0.6 is 0 Å². The predicted molar refractivity (Wildman–Crippen MR) is 70.7 cm³/mol. The Hall–Kier alpha value is -1.59. The van der Waals surface area contributed by atoms with Gasteiger partial charge in [0, 0.05) is 6.04 Å². The summed E-state index contributed by atoms with van der Waals surface area (Å²) in [4.78, 5) is 11.3. The van der Waals surface area contributed by atoms with Crippen molar-refractivity contribution >= 4 is 11.6 Å². The number of amides is 1. The van der Waals surface area contributed by atoms with Gasteiger partial charge in [-0.05, 0) is 44.1 Å². The minimum atomic E-state index is -0.108. The Kier molecular flexibility index (Phi) is 4.17. The number of benzene rings is 1. The number of anilines is 1. The molecule has 0 saturated carbocycles. The van der Waals surface area contributed by atoms with E-state index in [2.05, 4.69) is 17.6 Å². The van der Waals surface area contributed by atoms with Gasteiger partial charge in [0.2, 0.25) is 0 Å². The van der Waals surface area contributed by atoms with Crippen molar-refractivity contribution in [2.75, 3.05) is 25.0 Å². The van der Waals surface area contributed by atoms with E-state index >= 15 is 0 Å². The van der Waals surface area contributed by atoms with E-state index in [9.17, 15) is 4.79 Å². The van der Waals surface area contributed by atoms with Crippen molar-refractivity contribution in [3.63, 3.8) is 0 Å². The van der Waals surface area contributed by atoms with Crippen molar-refractivity contribution in [2.45, 2.75) is 19.4 Å². The van der Waals surface area contributed by atoms with E-state index in [4.69, 9.17) is 10.5 Å². The van der Waals surface area contributed by atoms with Gasteiger partial charge < -0.3 is 21.1 Å². The fourth-order valence-corrected chi connectivity index (χ4v) is 1.91. The van der Waals surface area contributed by atoms with Gasteiger partial charge in [-0.1, -0.05) is 6.07 Å². The lowest BCUT2D eigenvalue weighted by Gasteiger charge is -2.21. The summed E-state index contributed by atoms with van der Waals surface area (Å²) in [6.07, 6.45) is 0.953. The number of nitrogens with two attached hydrogens (primary N) is 1. The lowest BCUT2D eigenvalue weighted by Crippen LogP contribution is -2.26. The number of carbonyl (C=O) groups is 1. The molecule has 0 spiro atoms. The molecule has 18 heavy (non-hydrogen) atoms. The fraction of sp³-hybridized carbons (Fsp3) is 0.462. The maximum atomic E-state index is 11.3. The quantitative estimate of drug-likeness (QED) is 0.681. The van der Waals surface area contributed by atoms with Gasteiger partial charge in [0.1, 0.15) is 5.75 Å². The zero-order chi connectivity index (χ0) is 13.0. The van der Waals surface area contributed by atoms with Crippen LogP contribution in [0.1, 0.15) is 24.9 Å². The first-order valence-corrected chi connectivity index (χ1v) is 6.21. The summed E-state index contributed by atoms with van der Waals surface area (Å²) in [5, 5.41) is 6.20. The molecule has 2 rings (SSSR count). The number of hydrogen-bond donors (Lipinski definition) is 3. The monoisotopic (exact) mass is 249 g/mol. The molecule has 1 aromatic rings. The van der Waals surface area contributed by atoms with E-state index in [0.717, 1.165) is 30.0 Å². The third kappa shape index (κ3) is 3.00. The highest BCUT2D eigenvalue weighted by Gasteiger charge is 2.17. The molecule has 5 heteroatoms. The molecule has 0 aliphatic carbocycles. The van der Waals surface area contributed by atoms with E-state index in [0.29, 0.717) is 6.54 Å². The number of nitrogens with one attached hydrogen (secondary N) is 2. The molecule has 98 valence electrons. The van der Waals surface area contributed by atoms with Crippen molar-refractivity contribution in [2.24, 2.45) is 5.73 Å². The Labute approximate surface area is 107 Å². The van der Waals surface area contributed by atoms with Gasteiger partial charge >= 0.3 is 0 Å². The zero-order valence-corrected chi connectivity index (χ0v) is 10.5. The summed E-state index contributed by atoms with van der Waals surface area (Å²) in [6.45, 7) is 3.76. The summed E-state index contributed by atoms with van der Waals surface area (Å²) in [5.41, 5.74) is 7.32. The molecule has 5 nitrogen and oxygen atoms in total. The van der Waals surface area contributed by atoms with E-state index in [-0.39, 0.29) is 18.6 Å². The number of fused-ring (bicyclic) bond motifs is 1. The molecular formula is C13H19N3O2. The highest BCUT2D eigenvalue weighted by atomic mass is 16.5. The maximum Gasteiger partial charge on any atom is 0.262 e. The summed E-state index contributed by atoms with van der Waals surface area (Å²) >= 11 is 0. The molecule has 1 heterocycles. The summed E-state index contributed by atoms with van der Waals surface area (Å²) < 4.78 is 5.32. The maximum absolute atomic E-state index is 11.3. The van der Waals surface area contributed by atoms with E-state index in [1.807, 2.05) is 18.2 Å². The van der Waals surface area contributed by atoms with Crippen LogP contribution in [0.4, 0.5) is 5.69 Å². The third-order valence-electron chi connectivity index (χ3n) is 2.97. The second kappa shape index (κ2) is 5.84. The standard InChI is InChI=1S/C13H19N3O2/c1-9(15-6-2-5-14)10-3-4-12-11(7-10)16-13(17)8-18-12/h3-4,7,9,15H,2,5-6,8,14H2,1H3,(H,16,17). The Morgan fingerprint density at radius 3 is 3.17 bits per heavy atom. The van der Waals surface area contributed by atoms with Gasteiger partial charge in [0.25, 0.3) is 5.91 Å². The highest BCUT2D eigenvalue weighted by molar-refractivity contribution is 5.95. The lowest BCUT2D eigenvalue weighted by molar-refractivity contribution is -0.118. The number of hydrogen-bond acceptors (Lipinski definition) is 4. The van der Waals surface area contributed by atoms with E-state index < -0.39 is 0 Å². The molecule has 1 aliphatic heterocycles. The van der Waals surface area contributed by atoms with Crippen molar-refractivity contribution in [1.29, 1.82) is 0 Å². The summed E-state index contributed by atoms with van der Waals surface area (Å²) in [6, 6.07) is 6.08. The van der Waals surface area contributed by atoms with E-state index in [1.165, 1.54) is 0 Å². The normalized spacial score (nSPS) is 15.6. The van der Waals surface area contributed by atoms with Crippen LogP contribution in [0.2, 0.25) is 0 Å². The van der Waals surface area contributed by atoms with Crippen LogP contribution in [-0.2, 0) is 4.79 Å². The van der Waals surface area contributed by atoms with Crippen LogP contribution < -0.4 is 21.1 Å². The third-order valence-corrected chi connectivity index (χ3v) is 2.97. The van der Waals surface area contributed by atoms with Crippen LogP contribution in [0.15, 0.2) is 18.2 Å². The Bertz CT molecular complexity index is 434. The Morgan fingerprint density at radius 2 is 2.39 bits per heavy atom. The average Bonchev–Trinajstić information content (AvgIpc) is 2.38. The van der Waals surface area contributed by atoms with Crippen molar-refractivity contribution in [3.05, 3.63) is 23.8 Å². The van der Waals surface area contributed by atoms with Crippen LogP contribution in [-0.4, -0.2) is 25.6 Å². The van der Waals surface area contributed by atoms with Crippen molar-refractivity contribution in [3.8, 4) is 5.75 Å². The first kappa shape index (κ1) is 12.9. The molecule has 0 radical (unpaired) electrons.